The fourth-order valence-corrected chi connectivity index (χ4v) is 4.39. The highest BCUT2D eigenvalue weighted by atomic mass is 19.3. The minimum absolute atomic E-state index is 0.102. The van der Waals surface area contributed by atoms with Crippen molar-refractivity contribution >= 4 is 18.7 Å². The van der Waals surface area contributed by atoms with E-state index in [1.165, 1.54) is 5.57 Å². The van der Waals surface area contributed by atoms with Gasteiger partial charge in [0.1, 0.15) is 6.10 Å². The lowest BCUT2D eigenvalue weighted by molar-refractivity contribution is -0.179. The van der Waals surface area contributed by atoms with E-state index in [-0.39, 0.29) is 32.8 Å². The molecule has 1 aromatic rings. The molecule has 0 radical (unpaired) electrons. The highest BCUT2D eigenvalue weighted by Gasteiger charge is 2.43. The summed E-state index contributed by atoms with van der Waals surface area (Å²) >= 11 is 0. The SMILES string of the molecule is C=N.CCC(C)/C(=C\NCCOCCOCCOCCOCCC(=O)Oc1c(F)c(F)c(F)c(F)c1F)CCOC.O=C(O)C(F)(F)CC1CC(O)C(O)CO1. The number of methoxy groups -OCH3 is 1. The van der Waals surface area contributed by atoms with Gasteiger partial charge in [-0.25, -0.2) is 18.0 Å². The lowest BCUT2D eigenvalue weighted by Crippen LogP contribution is -2.44. The van der Waals surface area contributed by atoms with Crippen molar-refractivity contribution in [3.05, 3.63) is 40.9 Å². The number of alkyl halides is 2. The largest absolute Gasteiger partial charge is 0.477 e. The summed E-state index contributed by atoms with van der Waals surface area (Å²) in [5.74, 6) is -19.7. The van der Waals surface area contributed by atoms with E-state index < -0.39 is 83.9 Å². The summed E-state index contributed by atoms with van der Waals surface area (Å²) in [6, 6.07) is 0. The van der Waals surface area contributed by atoms with Crippen molar-refractivity contribution < 1.29 is 88.8 Å². The fourth-order valence-electron chi connectivity index (χ4n) is 4.39. The van der Waals surface area contributed by atoms with Crippen LogP contribution in [-0.2, 0) is 38.0 Å². The van der Waals surface area contributed by atoms with E-state index in [9.17, 15) is 40.3 Å². The maximum absolute atomic E-state index is 13.5. The van der Waals surface area contributed by atoms with Crippen LogP contribution >= 0.6 is 0 Å². The van der Waals surface area contributed by atoms with Gasteiger partial charge in [-0.15, -0.1) is 0 Å². The van der Waals surface area contributed by atoms with E-state index in [0.29, 0.717) is 52.1 Å². The molecule has 1 aliphatic rings. The molecular weight excluding hydrogens is 773 g/mol. The Morgan fingerprint density at radius 2 is 1.36 bits per heavy atom. The number of rotatable bonds is 25. The van der Waals surface area contributed by atoms with E-state index in [2.05, 4.69) is 30.6 Å². The second-order valence-corrected chi connectivity index (χ2v) is 11.8. The molecule has 0 saturated carbocycles. The lowest BCUT2D eigenvalue weighted by atomic mass is 9.97. The molecule has 1 aliphatic heterocycles. The molecule has 56 heavy (non-hydrogen) atoms. The van der Waals surface area contributed by atoms with Crippen LogP contribution < -0.4 is 10.1 Å². The normalized spacial score (nSPS) is 17.6. The number of aliphatic carboxylic acids is 1. The van der Waals surface area contributed by atoms with Crippen molar-refractivity contribution in [2.75, 3.05) is 79.7 Å². The number of aliphatic hydroxyl groups is 2. The molecule has 0 aliphatic carbocycles. The Hall–Kier alpha value is -3.44. The number of aliphatic hydroxyl groups excluding tert-OH is 2. The summed E-state index contributed by atoms with van der Waals surface area (Å²) in [7, 11) is 1.69. The molecule has 4 unspecified atom stereocenters. The van der Waals surface area contributed by atoms with Gasteiger partial charge in [-0.05, 0) is 37.3 Å². The molecular formula is C35H53F7N2O12. The number of ether oxygens (including phenoxy) is 7. The maximum atomic E-state index is 13.5. The molecule has 1 saturated heterocycles. The van der Waals surface area contributed by atoms with Gasteiger partial charge in [0.15, 0.2) is 0 Å². The second-order valence-electron chi connectivity index (χ2n) is 11.8. The number of halogens is 7. The Balaban J connectivity index is 0.00000147. The van der Waals surface area contributed by atoms with Crippen LogP contribution in [0.2, 0.25) is 0 Å². The predicted molar refractivity (Wildman–Crippen MR) is 185 cm³/mol. The first-order valence-corrected chi connectivity index (χ1v) is 17.5. The zero-order valence-corrected chi connectivity index (χ0v) is 31.6. The second kappa shape index (κ2) is 29.8. The van der Waals surface area contributed by atoms with Crippen molar-refractivity contribution in [1.82, 2.24) is 5.32 Å². The molecule has 2 rings (SSSR count). The maximum Gasteiger partial charge on any atom is 0.374 e. The Morgan fingerprint density at radius 3 is 1.84 bits per heavy atom. The third-order valence-corrected chi connectivity index (χ3v) is 7.72. The van der Waals surface area contributed by atoms with Crippen molar-refractivity contribution in [3.63, 3.8) is 0 Å². The Bertz CT molecular complexity index is 1290. The van der Waals surface area contributed by atoms with E-state index in [1.54, 1.807) is 7.11 Å². The van der Waals surface area contributed by atoms with Crippen molar-refractivity contribution in [1.29, 1.82) is 5.41 Å². The lowest BCUT2D eigenvalue weighted by Gasteiger charge is -2.31. The third-order valence-electron chi connectivity index (χ3n) is 7.72. The summed E-state index contributed by atoms with van der Waals surface area (Å²) in [6.07, 6.45) is -0.939. The predicted octanol–water partition coefficient (Wildman–Crippen LogP) is 4.17. The molecule has 1 aromatic carbocycles. The van der Waals surface area contributed by atoms with Crippen molar-refractivity contribution in [2.45, 2.75) is 70.2 Å². The van der Waals surface area contributed by atoms with Crippen LogP contribution in [0, 0.1) is 40.4 Å². The minimum Gasteiger partial charge on any atom is -0.477 e. The van der Waals surface area contributed by atoms with E-state index in [4.69, 9.17) is 49.2 Å². The van der Waals surface area contributed by atoms with Crippen molar-refractivity contribution in [3.8, 4) is 5.75 Å². The average Bonchev–Trinajstić information content (AvgIpc) is 3.17. The van der Waals surface area contributed by atoms with Gasteiger partial charge in [0.2, 0.25) is 34.8 Å². The Labute approximate surface area is 320 Å². The molecule has 4 atom stereocenters. The van der Waals surface area contributed by atoms with Gasteiger partial charge in [-0.1, -0.05) is 13.8 Å². The smallest absolute Gasteiger partial charge is 0.374 e. The number of esters is 1. The quantitative estimate of drug-likeness (QED) is 0.0180. The van der Waals surface area contributed by atoms with Crippen LogP contribution in [0.25, 0.3) is 0 Å². The summed E-state index contributed by atoms with van der Waals surface area (Å²) < 4.78 is 127. The van der Waals surface area contributed by atoms with Crippen LogP contribution in [-0.4, -0.2) is 138 Å². The molecule has 0 bridgehead atoms. The van der Waals surface area contributed by atoms with Crippen LogP contribution in [0.4, 0.5) is 30.7 Å². The molecule has 324 valence electrons. The highest BCUT2D eigenvalue weighted by molar-refractivity contribution is 5.75. The van der Waals surface area contributed by atoms with Crippen LogP contribution in [0.1, 0.15) is 46.0 Å². The van der Waals surface area contributed by atoms with Crippen LogP contribution in [0.5, 0.6) is 5.75 Å². The molecule has 1 heterocycles. The van der Waals surface area contributed by atoms with Crippen LogP contribution in [0.15, 0.2) is 11.8 Å². The number of hydrogen-bond donors (Lipinski definition) is 5. The molecule has 0 spiro atoms. The summed E-state index contributed by atoms with van der Waals surface area (Å²) in [6.45, 7) is 10.1. The Morgan fingerprint density at radius 1 is 0.857 bits per heavy atom. The molecule has 0 amide bonds. The first kappa shape index (κ1) is 52.6. The molecule has 1 fully saturated rings. The van der Waals surface area contributed by atoms with Crippen molar-refractivity contribution in [2.24, 2.45) is 5.92 Å². The highest BCUT2D eigenvalue weighted by Crippen LogP contribution is 2.30. The number of carboxylic acids is 1. The van der Waals surface area contributed by atoms with E-state index in [0.717, 1.165) is 12.8 Å². The van der Waals surface area contributed by atoms with Gasteiger partial charge in [0, 0.05) is 33.1 Å². The van der Waals surface area contributed by atoms with Gasteiger partial charge in [-0.3, -0.25) is 4.79 Å². The van der Waals surface area contributed by atoms with E-state index in [1.807, 2.05) is 6.20 Å². The zero-order valence-electron chi connectivity index (χ0n) is 31.6. The van der Waals surface area contributed by atoms with Gasteiger partial charge in [-0.2, -0.15) is 17.6 Å². The summed E-state index contributed by atoms with van der Waals surface area (Å²) in [4.78, 5) is 21.7. The summed E-state index contributed by atoms with van der Waals surface area (Å²) in [5.41, 5.74) is 1.32. The number of carboxylic acid groups (broad SMARTS) is 1. The number of benzene rings is 1. The monoisotopic (exact) mass is 826 g/mol. The standard InChI is InChI=1S/C26H38F5NO7.C8H12F2O5.CH3N/c1-4-18(2)19(5-8-34-3)17-32-7-10-36-12-14-38-16-15-37-13-11-35-9-6-20(33)39-26-24(30)22(28)21(27)23(29)25(26)31;9-8(10,7(13)14)2-4-1-5(11)6(12)3-15-4;1-2/h17-18,32H,4-16H2,1-3H3;4-6,11-12H,1-3H2,(H,13,14);2H,1H2/b19-17-;;. The molecule has 21 heteroatoms. The van der Waals surface area contributed by atoms with Gasteiger partial charge in [0.25, 0.3) is 0 Å². The number of hydrogen-bond acceptors (Lipinski definition) is 13. The van der Waals surface area contributed by atoms with Gasteiger partial charge in [0.05, 0.1) is 78.1 Å². The van der Waals surface area contributed by atoms with Gasteiger partial charge < -0.3 is 59.2 Å². The molecule has 5 N–H and O–H groups in total. The van der Waals surface area contributed by atoms with Crippen LogP contribution in [0.3, 0.4) is 0 Å². The first-order chi connectivity index (χ1) is 26.6. The average molecular weight is 827 g/mol. The molecule has 14 nitrogen and oxygen atoms in total. The fraction of sp³-hybridized carbons (Fsp3) is 0.686. The topological polar surface area (TPSA) is 195 Å². The van der Waals surface area contributed by atoms with E-state index >= 15 is 0 Å². The Kier molecular flexibility index (Phi) is 27.9. The van der Waals surface area contributed by atoms with Gasteiger partial charge >= 0.3 is 17.9 Å². The number of carbonyl (C=O) groups excluding carboxylic acids is 1. The number of nitrogens with one attached hydrogen (secondary N) is 2. The first-order valence-electron chi connectivity index (χ1n) is 17.5. The zero-order chi connectivity index (χ0) is 42.7. The third kappa shape index (κ3) is 20.6. The molecule has 0 aromatic heterocycles. The summed E-state index contributed by atoms with van der Waals surface area (Å²) in [5, 5.41) is 35.1. The number of carbonyl (C=O) groups is 2. The minimum atomic E-state index is -3.87.